The van der Waals surface area contributed by atoms with Crippen LogP contribution in [0.3, 0.4) is 0 Å². The van der Waals surface area contributed by atoms with Crippen molar-refractivity contribution in [2.24, 2.45) is 5.92 Å². The highest BCUT2D eigenvalue weighted by Crippen LogP contribution is 2.29. The summed E-state index contributed by atoms with van der Waals surface area (Å²) in [5, 5.41) is 11.5. The minimum atomic E-state index is 0.783. The molecule has 1 aromatic carbocycles. The maximum atomic E-state index is 9.42. The first-order chi connectivity index (χ1) is 10.4. The minimum absolute atomic E-state index is 0.783. The average molecular weight is 294 g/mol. The second kappa shape index (κ2) is 6.91. The Morgan fingerprint density at radius 2 is 2.10 bits per heavy atom. The molecule has 0 bridgehead atoms. The zero-order chi connectivity index (χ0) is 14.5. The Hall–Kier alpha value is -1.59. The predicted molar refractivity (Wildman–Crippen MR) is 87.4 cm³/mol. The summed E-state index contributed by atoms with van der Waals surface area (Å²) in [5.74, 6) is 0.783. The summed E-state index contributed by atoms with van der Waals surface area (Å²) >= 11 is 1.77. The lowest BCUT2D eigenvalue weighted by molar-refractivity contribution is 0.356. The molecule has 3 rings (SSSR count). The van der Waals surface area contributed by atoms with E-state index < -0.39 is 0 Å². The van der Waals surface area contributed by atoms with E-state index in [-0.39, 0.29) is 0 Å². The molecule has 1 heterocycles. The van der Waals surface area contributed by atoms with Crippen molar-refractivity contribution in [3.05, 3.63) is 57.3 Å². The van der Waals surface area contributed by atoms with Crippen molar-refractivity contribution in [2.75, 3.05) is 0 Å². The third-order valence-electron chi connectivity index (χ3n) is 4.47. The molecule has 0 aliphatic heterocycles. The Labute approximate surface area is 131 Å². The van der Waals surface area contributed by atoms with Crippen LogP contribution in [0.2, 0.25) is 0 Å². The van der Waals surface area contributed by atoms with E-state index in [1.54, 1.807) is 11.3 Å². The van der Waals surface area contributed by atoms with Crippen molar-refractivity contribution in [3.8, 4) is 6.07 Å². The van der Waals surface area contributed by atoms with Gasteiger partial charge in [0.05, 0.1) is 11.6 Å². The van der Waals surface area contributed by atoms with Crippen LogP contribution in [0.15, 0.2) is 29.6 Å². The average Bonchev–Trinajstić information content (AvgIpc) is 3.03. The van der Waals surface area contributed by atoms with E-state index in [2.05, 4.69) is 29.6 Å². The van der Waals surface area contributed by atoms with E-state index in [0.29, 0.717) is 0 Å². The third kappa shape index (κ3) is 3.54. The molecule has 2 aromatic rings. The molecule has 0 unspecified atom stereocenters. The Kier molecular flexibility index (Phi) is 4.72. The van der Waals surface area contributed by atoms with E-state index in [1.807, 2.05) is 12.1 Å². The van der Waals surface area contributed by atoms with Crippen molar-refractivity contribution in [1.29, 1.82) is 5.26 Å². The molecule has 1 radical (unpaired) electrons. The van der Waals surface area contributed by atoms with E-state index in [1.165, 1.54) is 48.1 Å². The zero-order valence-corrected chi connectivity index (χ0v) is 13.1. The fraction of sp³-hybridized carbons (Fsp3) is 0.421. The second-order valence-corrected chi connectivity index (χ2v) is 6.96. The van der Waals surface area contributed by atoms with Crippen LogP contribution in [0.5, 0.6) is 0 Å². The van der Waals surface area contributed by atoms with Gasteiger partial charge in [0, 0.05) is 11.3 Å². The minimum Gasteiger partial charge on any atom is -0.192 e. The first-order valence-electron chi connectivity index (χ1n) is 7.81. The number of hydrogen-bond donors (Lipinski definition) is 0. The fourth-order valence-corrected chi connectivity index (χ4v) is 4.05. The molecule has 1 nitrogen and oxygen atoms in total. The van der Waals surface area contributed by atoms with Gasteiger partial charge >= 0.3 is 0 Å². The molecule has 107 valence electrons. The lowest BCUT2D eigenvalue weighted by atomic mass is 9.83. The van der Waals surface area contributed by atoms with E-state index in [0.717, 1.165) is 24.3 Å². The highest BCUT2D eigenvalue weighted by atomic mass is 32.1. The lowest BCUT2D eigenvalue weighted by Crippen LogP contribution is -2.11. The Morgan fingerprint density at radius 1 is 1.24 bits per heavy atom. The molecule has 2 heteroatoms. The number of benzene rings is 1. The number of nitrogens with zero attached hydrogens (tertiary/aromatic N) is 1. The molecule has 0 saturated heterocycles. The van der Waals surface area contributed by atoms with Crippen LogP contribution in [0, 0.1) is 23.3 Å². The second-order valence-electron chi connectivity index (χ2n) is 5.92. The largest absolute Gasteiger partial charge is 0.192 e. The number of rotatable bonds is 4. The van der Waals surface area contributed by atoms with Crippen LogP contribution < -0.4 is 0 Å². The van der Waals surface area contributed by atoms with Crippen molar-refractivity contribution in [1.82, 2.24) is 0 Å². The fourth-order valence-electron chi connectivity index (χ4n) is 3.33. The molecule has 21 heavy (non-hydrogen) atoms. The van der Waals surface area contributed by atoms with Gasteiger partial charge in [-0.2, -0.15) is 5.26 Å². The Balaban J connectivity index is 1.86. The summed E-state index contributed by atoms with van der Waals surface area (Å²) in [7, 11) is 0. The predicted octanol–water partition coefficient (Wildman–Crippen LogP) is 5.13. The molecular weight excluding hydrogens is 274 g/mol. The van der Waals surface area contributed by atoms with Crippen molar-refractivity contribution >= 4 is 11.3 Å². The molecular formula is C19H20NS. The number of thiophene rings is 1. The maximum Gasteiger partial charge on any atom is 0.0994 e. The quantitative estimate of drug-likeness (QED) is 0.766. The normalized spacial score (nSPS) is 15.8. The van der Waals surface area contributed by atoms with Gasteiger partial charge in [-0.3, -0.25) is 0 Å². The maximum absolute atomic E-state index is 9.42. The SMILES string of the molecule is N#Cc1cc[c]c(CC2CCCCC2)c1Cc1cccs1. The molecule has 0 spiro atoms. The molecule has 1 aromatic heterocycles. The van der Waals surface area contributed by atoms with Gasteiger partial charge in [-0.25, -0.2) is 0 Å². The standard InChI is InChI=1S/C19H20NS/c20-14-17-9-4-8-16(12-15-6-2-1-3-7-15)19(17)13-18-10-5-11-21-18/h4-5,9-11,15H,1-3,6-7,12-13H2. The van der Waals surface area contributed by atoms with Gasteiger partial charge in [0.15, 0.2) is 0 Å². The van der Waals surface area contributed by atoms with Gasteiger partial charge in [0.1, 0.15) is 0 Å². The van der Waals surface area contributed by atoms with Gasteiger partial charge in [-0.1, -0.05) is 44.2 Å². The van der Waals surface area contributed by atoms with Crippen LogP contribution in [-0.4, -0.2) is 0 Å². The molecule has 0 atom stereocenters. The van der Waals surface area contributed by atoms with Crippen LogP contribution in [0.4, 0.5) is 0 Å². The zero-order valence-electron chi connectivity index (χ0n) is 12.3. The van der Waals surface area contributed by atoms with E-state index in [9.17, 15) is 5.26 Å². The highest BCUT2D eigenvalue weighted by Gasteiger charge is 2.17. The molecule has 0 N–H and O–H groups in total. The number of nitriles is 1. The summed E-state index contributed by atoms with van der Waals surface area (Å²) < 4.78 is 0. The smallest absolute Gasteiger partial charge is 0.0994 e. The lowest BCUT2D eigenvalue weighted by Gasteiger charge is -2.22. The summed E-state index contributed by atoms with van der Waals surface area (Å²) in [6, 6.07) is 13.9. The van der Waals surface area contributed by atoms with Crippen LogP contribution in [0.25, 0.3) is 0 Å². The van der Waals surface area contributed by atoms with E-state index in [4.69, 9.17) is 0 Å². The number of hydrogen-bond acceptors (Lipinski definition) is 2. The molecule has 0 amide bonds. The summed E-state index contributed by atoms with van der Waals surface area (Å²) in [6.07, 6.45) is 8.76. The topological polar surface area (TPSA) is 23.8 Å². The van der Waals surface area contributed by atoms with Crippen LogP contribution in [0.1, 0.15) is 53.7 Å². The molecule has 1 fully saturated rings. The first kappa shape index (κ1) is 14.4. The Morgan fingerprint density at radius 3 is 2.81 bits per heavy atom. The summed E-state index contributed by atoms with van der Waals surface area (Å²) in [6.45, 7) is 0. The highest BCUT2D eigenvalue weighted by molar-refractivity contribution is 7.09. The Bertz CT molecular complexity index is 616. The van der Waals surface area contributed by atoms with Gasteiger partial charge in [0.2, 0.25) is 0 Å². The summed E-state index contributed by atoms with van der Waals surface area (Å²) in [4.78, 5) is 1.33. The van der Waals surface area contributed by atoms with Gasteiger partial charge in [-0.15, -0.1) is 11.3 Å². The van der Waals surface area contributed by atoms with E-state index >= 15 is 0 Å². The van der Waals surface area contributed by atoms with Crippen molar-refractivity contribution in [2.45, 2.75) is 44.9 Å². The monoisotopic (exact) mass is 294 g/mol. The van der Waals surface area contributed by atoms with Crippen LogP contribution >= 0.6 is 11.3 Å². The van der Waals surface area contributed by atoms with Crippen molar-refractivity contribution in [3.63, 3.8) is 0 Å². The van der Waals surface area contributed by atoms with Gasteiger partial charge < -0.3 is 0 Å². The van der Waals surface area contributed by atoms with Gasteiger partial charge in [-0.05, 0) is 47.0 Å². The summed E-state index contributed by atoms with van der Waals surface area (Å²) in [5.41, 5.74) is 3.30. The molecule has 1 aliphatic rings. The van der Waals surface area contributed by atoms with Gasteiger partial charge in [0.25, 0.3) is 0 Å². The third-order valence-corrected chi connectivity index (χ3v) is 5.34. The van der Waals surface area contributed by atoms with Crippen LogP contribution in [-0.2, 0) is 12.8 Å². The first-order valence-corrected chi connectivity index (χ1v) is 8.69. The molecule has 1 saturated carbocycles. The molecule has 1 aliphatic carbocycles. The van der Waals surface area contributed by atoms with Crippen molar-refractivity contribution < 1.29 is 0 Å².